The summed E-state index contributed by atoms with van der Waals surface area (Å²) in [6, 6.07) is 2.01. The van der Waals surface area contributed by atoms with Crippen molar-refractivity contribution in [1.82, 2.24) is 15.4 Å². The van der Waals surface area contributed by atoms with Crippen molar-refractivity contribution in [2.75, 3.05) is 13.2 Å². The lowest BCUT2D eigenvalue weighted by Crippen LogP contribution is -2.36. The minimum Gasteiger partial charge on any atom is -0.381 e. The van der Waals surface area contributed by atoms with Gasteiger partial charge in [-0.05, 0) is 24.8 Å². The van der Waals surface area contributed by atoms with Gasteiger partial charge in [-0.15, -0.1) is 0 Å². The Hall–Kier alpha value is -1.04. The average Bonchev–Trinajstić information content (AvgIpc) is 2.33. The standard InChI is InChI=1S/C10H16N4O/c11-14-10(8-2-5-15-6-3-8)9-1-4-12-7-13-9/h1,4,7-8,10,14H,2-3,5-6,11H2. The van der Waals surface area contributed by atoms with Crippen molar-refractivity contribution in [3.63, 3.8) is 0 Å². The van der Waals surface area contributed by atoms with Crippen LogP contribution in [0.15, 0.2) is 18.6 Å². The highest BCUT2D eigenvalue weighted by atomic mass is 16.5. The molecule has 1 fully saturated rings. The minimum absolute atomic E-state index is 0.108. The smallest absolute Gasteiger partial charge is 0.115 e. The van der Waals surface area contributed by atoms with E-state index < -0.39 is 0 Å². The number of nitrogens with two attached hydrogens (primary N) is 1. The molecule has 82 valence electrons. The molecule has 0 bridgehead atoms. The molecule has 2 heterocycles. The molecule has 1 saturated heterocycles. The number of ether oxygens (including phenoxy) is 1. The first kappa shape index (κ1) is 10.5. The summed E-state index contributed by atoms with van der Waals surface area (Å²) >= 11 is 0. The van der Waals surface area contributed by atoms with Gasteiger partial charge in [0.15, 0.2) is 0 Å². The van der Waals surface area contributed by atoms with Crippen LogP contribution in [0.5, 0.6) is 0 Å². The summed E-state index contributed by atoms with van der Waals surface area (Å²) in [6.07, 6.45) is 5.35. The molecule has 0 amide bonds. The molecule has 1 unspecified atom stereocenters. The average molecular weight is 208 g/mol. The van der Waals surface area contributed by atoms with E-state index in [0.29, 0.717) is 5.92 Å². The summed E-state index contributed by atoms with van der Waals surface area (Å²) in [5, 5.41) is 0. The zero-order valence-corrected chi connectivity index (χ0v) is 8.60. The SMILES string of the molecule is NNC(c1ccncn1)C1CCOCC1. The Morgan fingerprint density at radius 3 is 2.87 bits per heavy atom. The van der Waals surface area contributed by atoms with Gasteiger partial charge in [-0.25, -0.2) is 9.97 Å². The third-order valence-electron chi connectivity index (χ3n) is 2.84. The van der Waals surface area contributed by atoms with E-state index in [1.807, 2.05) is 6.07 Å². The lowest BCUT2D eigenvalue weighted by Gasteiger charge is -2.29. The van der Waals surface area contributed by atoms with E-state index in [-0.39, 0.29) is 6.04 Å². The maximum absolute atomic E-state index is 5.58. The van der Waals surface area contributed by atoms with Crippen LogP contribution in [-0.2, 0) is 4.74 Å². The highest BCUT2D eigenvalue weighted by Gasteiger charge is 2.25. The van der Waals surface area contributed by atoms with E-state index in [9.17, 15) is 0 Å². The topological polar surface area (TPSA) is 73.1 Å². The van der Waals surface area contributed by atoms with Crippen LogP contribution in [0.4, 0.5) is 0 Å². The van der Waals surface area contributed by atoms with E-state index in [1.165, 1.54) is 0 Å². The molecule has 1 aliphatic rings. The van der Waals surface area contributed by atoms with E-state index >= 15 is 0 Å². The predicted octanol–water partition coefficient (Wildman–Crippen LogP) is 0.408. The Morgan fingerprint density at radius 2 is 2.27 bits per heavy atom. The van der Waals surface area contributed by atoms with Crippen molar-refractivity contribution in [2.45, 2.75) is 18.9 Å². The van der Waals surface area contributed by atoms with E-state index in [1.54, 1.807) is 12.5 Å². The third kappa shape index (κ3) is 2.50. The molecule has 0 aromatic carbocycles. The predicted molar refractivity (Wildman–Crippen MR) is 55.6 cm³/mol. The lowest BCUT2D eigenvalue weighted by atomic mass is 9.90. The first-order valence-electron chi connectivity index (χ1n) is 5.21. The lowest BCUT2D eigenvalue weighted by molar-refractivity contribution is 0.0530. The second-order valence-corrected chi connectivity index (χ2v) is 3.73. The molecule has 5 heteroatoms. The van der Waals surface area contributed by atoms with Gasteiger partial charge in [0.05, 0.1) is 11.7 Å². The van der Waals surface area contributed by atoms with Crippen LogP contribution >= 0.6 is 0 Å². The van der Waals surface area contributed by atoms with E-state index in [4.69, 9.17) is 10.6 Å². The number of aromatic nitrogens is 2. The Bertz CT molecular complexity index is 287. The van der Waals surface area contributed by atoms with Crippen LogP contribution in [0.2, 0.25) is 0 Å². The van der Waals surface area contributed by atoms with Crippen molar-refractivity contribution in [1.29, 1.82) is 0 Å². The first-order chi connectivity index (χ1) is 7.42. The number of rotatable bonds is 3. The third-order valence-corrected chi connectivity index (χ3v) is 2.84. The largest absolute Gasteiger partial charge is 0.381 e. The molecule has 1 aromatic rings. The van der Waals surface area contributed by atoms with Gasteiger partial charge in [0.2, 0.25) is 0 Å². The van der Waals surface area contributed by atoms with Gasteiger partial charge in [0, 0.05) is 19.4 Å². The molecular formula is C10H16N4O. The number of hydrogen-bond donors (Lipinski definition) is 2. The minimum atomic E-state index is 0.108. The van der Waals surface area contributed by atoms with Gasteiger partial charge in [-0.1, -0.05) is 0 Å². The van der Waals surface area contributed by atoms with Gasteiger partial charge in [0.25, 0.3) is 0 Å². The van der Waals surface area contributed by atoms with Crippen molar-refractivity contribution in [2.24, 2.45) is 11.8 Å². The Morgan fingerprint density at radius 1 is 1.47 bits per heavy atom. The summed E-state index contributed by atoms with van der Waals surface area (Å²) < 4.78 is 5.33. The van der Waals surface area contributed by atoms with Crippen LogP contribution in [0, 0.1) is 5.92 Å². The molecular weight excluding hydrogens is 192 g/mol. The monoisotopic (exact) mass is 208 g/mol. The zero-order valence-electron chi connectivity index (χ0n) is 8.60. The van der Waals surface area contributed by atoms with Crippen LogP contribution in [-0.4, -0.2) is 23.2 Å². The molecule has 15 heavy (non-hydrogen) atoms. The molecule has 0 radical (unpaired) electrons. The van der Waals surface area contributed by atoms with Gasteiger partial charge in [-0.2, -0.15) is 0 Å². The number of nitrogens with one attached hydrogen (secondary N) is 1. The van der Waals surface area contributed by atoms with E-state index in [2.05, 4.69) is 15.4 Å². The molecule has 0 saturated carbocycles. The maximum atomic E-state index is 5.58. The Kier molecular flexibility index (Phi) is 3.60. The van der Waals surface area contributed by atoms with Crippen molar-refractivity contribution in [3.05, 3.63) is 24.3 Å². The highest BCUT2D eigenvalue weighted by molar-refractivity contribution is 5.06. The fraction of sp³-hybridized carbons (Fsp3) is 0.600. The van der Waals surface area contributed by atoms with Gasteiger partial charge in [-0.3, -0.25) is 11.3 Å². The summed E-state index contributed by atoms with van der Waals surface area (Å²) in [5.74, 6) is 6.08. The molecule has 1 aliphatic heterocycles. The number of hydrogen-bond acceptors (Lipinski definition) is 5. The molecule has 0 spiro atoms. The molecule has 1 atom stereocenters. The summed E-state index contributed by atoms with van der Waals surface area (Å²) in [6.45, 7) is 1.63. The Labute approximate surface area is 89.0 Å². The molecule has 1 aromatic heterocycles. The molecule has 3 N–H and O–H groups in total. The summed E-state index contributed by atoms with van der Waals surface area (Å²) in [7, 11) is 0. The molecule has 0 aliphatic carbocycles. The fourth-order valence-corrected chi connectivity index (χ4v) is 2.00. The summed E-state index contributed by atoms with van der Waals surface area (Å²) in [4.78, 5) is 8.13. The zero-order chi connectivity index (χ0) is 10.5. The second-order valence-electron chi connectivity index (χ2n) is 3.73. The first-order valence-corrected chi connectivity index (χ1v) is 5.21. The normalized spacial score (nSPS) is 20.1. The maximum Gasteiger partial charge on any atom is 0.115 e. The van der Waals surface area contributed by atoms with Gasteiger partial charge in [0.1, 0.15) is 6.33 Å². The van der Waals surface area contributed by atoms with Crippen LogP contribution in [0.1, 0.15) is 24.6 Å². The van der Waals surface area contributed by atoms with Crippen LogP contribution < -0.4 is 11.3 Å². The van der Waals surface area contributed by atoms with Crippen molar-refractivity contribution < 1.29 is 4.74 Å². The van der Waals surface area contributed by atoms with Crippen LogP contribution in [0.25, 0.3) is 0 Å². The molecule has 2 rings (SSSR count). The van der Waals surface area contributed by atoms with E-state index in [0.717, 1.165) is 31.7 Å². The highest BCUT2D eigenvalue weighted by Crippen LogP contribution is 2.27. The van der Waals surface area contributed by atoms with Crippen molar-refractivity contribution in [3.8, 4) is 0 Å². The van der Waals surface area contributed by atoms with Crippen molar-refractivity contribution >= 4 is 0 Å². The second kappa shape index (κ2) is 5.16. The number of nitrogens with zero attached hydrogens (tertiary/aromatic N) is 2. The summed E-state index contributed by atoms with van der Waals surface area (Å²) in [5.41, 5.74) is 3.80. The fourth-order valence-electron chi connectivity index (χ4n) is 2.00. The van der Waals surface area contributed by atoms with Gasteiger partial charge >= 0.3 is 0 Å². The molecule has 5 nitrogen and oxygen atoms in total. The van der Waals surface area contributed by atoms with Gasteiger partial charge < -0.3 is 4.74 Å². The Balaban J connectivity index is 2.09. The number of hydrazine groups is 1. The quantitative estimate of drug-likeness (QED) is 0.556. The van der Waals surface area contributed by atoms with Crippen LogP contribution in [0.3, 0.4) is 0 Å².